The number of carbonyl (C=O) groups excluding carboxylic acids is 1. The van der Waals surface area contributed by atoms with Crippen LogP contribution in [0.5, 0.6) is 11.5 Å². The van der Waals surface area contributed by atoms with Gasteiger partial charge in [0, 0.05) is 16.5 Å². The summed E-state index contributed by atoms with van der Waals surface area (Å²) in [6.45, 7) is 0. The summed E-state index contributed by atoms with van der Waals surface area (Å²) in [5, 5.41) is 20.2. The van der Waals surface area contributed by atoms with Gasteiger partial charge in [0.15, 0.2) is 23.2 Å². The molecule has 0 aliphatic rings. The third-order valence-electron chi connectivity index (χ3n) is 4.66. The molecule has 166 valence electrons. The van der Waals surface area contributed by atoms with E-state index in [9.17, 15) is 10.1 Å². The number of carbonyl (C=O) groups is 1. The van der Waals surface area contributed by atoms with Crippen molar-refractivity contribution < 1.29 is 18.7 Å². The number of nitrogens with zero attached hydrogens (tertiary/aromatic N) is 4. The number of aromatic nitrogens is 3. The molecule has 0 N–H and O–H groups in total. The standard InChI is InChI=1S/C23H18N4O4S2/c1-29-19-9-8-15(10-20(19)30-2)21-26-27-23(31-21)33-13-18(28)16(11-24)22-25-17(12-32-22)14-6-4-3-5-7-14/h3-10,12,16H,13H2,1-2H3. The van der Waals surface area contributed by atoms with Crippen LogP contribution in [-0.4, -0.2) is 40.9 Å². The molecule has 0 saturated heterocycles. The number of hydrogen-bond donors (Lipinski definition) is 0. The van der Waals surface area contributed by atoms with Gasteiger partial charge in [-0.1, -0.05) is 42.1 Å². The molecule has 4 rings (SSSR count). The van der Waals surface area contributed by atoms with E-state index < -0.39 is 5.92 Å². The van der Waals surface area contributed by atoms with Crippen molar-refractivity contribution in [2.24, 2.45) is 0 Å². The lowest BCUT2D eigenvalue weighted by atomic mass is 10.1. The molecular weight excluding hydrogens is 460 g/mol. The Balaban J connectivity index is 1.42. The smallest absolute Gasteiger partial charge is 0.277 e. The molecule has 1 atom stereocenters. The van der Waals surface area contributed by atoms with Crippen LogP contribution < -0.4 is 9.47 Å². The van der Waals surface area contributed by atoms with E-state index >= 15 is 0 Å². The minimum absolute atomic E-state index is 0.00600. The number of benzene rings is 2. The van der Waals surface area contributed by atoms with Gasteiger partial charge in [-0.2, -0.15) is 5.26 Å². The highest BCUT2D eigenvalue weighted by Crippen LogP contribution is 2.33. The normalized spacial score (nSPS) is 11.5. The molecule has 4 aromatic rings. The second-order valence-electron chi connectivity index (χ2n) is 6.70. The first-order valence-electron chi connectivity index (χ1n) is 9.74. The SMILES string of the molecule is COc1ccc(-c2nnc(SCC(=O)C(C#N)c3nc(-c4ccccc4)cs3)o2)cc1OC. The molecule has 0 radical (unpaired) electrons. The highest BCUT2D eigenvalue weighted by atomic mass is 32.2. The maximum atomic E-state index is 12.7. The molecule has 33 heavy (non-hydrogen) atoms. The van der Waals surface area contributed by atoms with Crippen LogP contribution in [0, 0.1) is 11.3 Å². The van der Waals surface area contributed by atoms with Crippen LogP contribution in [0.25, 0.3) is 22.7 Å². The molecule has 0 fully saturated rings. The van der Waals surface area contributed by atoms with Gasteiger partial charge < -0.3 is 13.9 Å². The minimum Gasteiger partial charge on any atom is -0.493 e. The number of ketones is 1. The Hall–Kier alpha value is -3.68. The van der Waals surface area contributed by atoms with Crippen LogP contribution >= 0.6 is 23.1 Å². The van der Waals surface area contributed by atoms with Crippen LogP contribution in [0.1, 0.15) is 10.9 Å². The maximum Gasteiger partial charge on any atom is 0.277 e. The summed E-state index contributed by atoms with van der Waals surface area (Å²) in [6.07, 6.45) is 0. The first kappa shape index (κ1) is 22.5. The van der Waals surface area contributed by atoms with Gasteiger partial charge in [-0.05, 0) is 18.2 Å². The zero-order chi connectivity index (χ0) is 23.2. The highest BCUT2D eigenvalue weighted by molar-refractivity contribution is 7.99. The Morgan fingerprint density at radius 1 is 1.12 bits per heavy atom. The van der Waals surface area contributed by atoms with Gasteiger partial charge in [0.05, 0.1) is 31.7 Å². The summed E-state index contributed by atoms with van der Waals surface area (Å²) in [6, 6.07) is 16.9. The zero-order valence-corrected chi connectivity index (χ0v) is 19.4. The van der Waals surface area contributed by atoms with E-state index in [1.165, 1.54) is 11.3 Å². The van der Waals surface area contributed by atoms with Crippen LogP contribution in [0.15, 0.2) is 63.6 Å². The summed E-state index contributed by atoms with van der Waals surface area (Å²) < 4.78 is 16.2. The van der Waals surface area contributed by atoms with Crippen LogP contribution in [-0.2, 0) is 4.79 Å². The predicted octanol–water partition coefficient (Wildman–Crippen LogP) is 4.85. The summed E-state index contributed by atoms with van der Waals surface area (Å²) >= 11 is 2.38. The molecule has 0 bridgehead atoms. The van der Waals surface area contributed by atoms with Crippen molar-refractivity contribution in [2.45, 2.75) is 11.1 Å². The predicted molar refractivity (Wildman–Crippen MR) is 124 cm³/mol. The van der Waals surface area contributed by atoms with Crippen molar-refractivity contribution in [2.75, 3.05) is 20.0 Å². The number of methoxy groups -OCH3 is 2. The summed E-state index contributed by atoms with van der Waals surface area (Å²) in [7, 11) is 3.10. The number of hydrogen-bond acceptors (Lipinski definition) is 10. The average Bonchev–Trinajstić information content (AvgIpc) is 3.54. The zero-order valence-electron chi connectivity index (χ0n) is 17.7. The third kappa shape index (κ3) is 5.05. The maximum absolute atomic E-state index is 12.7. The second-order valence-corrected chi connectivity index (χ2v) is 8.51. The third-order valence-corrected chi connectivity index (χ3v) is 6.41. The highest BCUT2D eigenvalue weighted by Gasteiger charge is 2.25. The second kappa shape index (κ2) is 10.3. The van der Waals surface area contributed by atoms with E-state index in [0.717, 1.165) is 23.0 Å². The van der Waals surface area contributed by atoms with Gasteiger partial charge in [-0.3, -0.25) is 4.79 Å². The van der Waals surface area contributed by atoms with Crippen LogP contribution in [0.3, 0.4) is 0 Å². The molecule has 0 saturated carbocycles. The Labute approximate surface area is 198 Å². The minimum atomic E-state index is -0.951. The molecule has 1 unspecified atom stereocenters. The van der Waals surface area contributed by atoms with Crippen LogP contribution in [0.4, 0.5) is 0 Å². The summed E-state index contributed by atoms with van der Waals surface area (Å²) in [5.41, 5.74) is 2.34. The number of thioether (sulfide) groups is 1. The molecule has 2 aromatic carbocycles. The summed E-state index contributed by atoms with van der Waals surface area (Å²) in [5.74, 6) is 0.186. The molecule has 8 nitrogen and oxygen atoms in total. The van der Waals surface area contributed by atoms with Gasteiger partial charge in [0.25, 0.3) is 5.22 Å². The number of Topliss-reactive ketones (excluding diaryl/α,β-unsaturated/α-hetero) is 1. The molecule has 2 aromatic heterocycles. The lowest BCUT2D eigenvalue weighted by Crippen LogP contribution is -2.13. The summed E-state index contributed by atoms with van der Waals surface area (Å²) in [4.78, 5) is 17.2. The first-order chi connectivity index (χ1) is 16.1. The van der Waals surface area contributed by atoms with Gasteiger partial charge >= 0.3 is 0 Å². The van der Waals surface area contributed by atoms with Gasteiger partial charge in [0.2, 0.25) is 5.89 Å². The molecule has 10 heteroatoms. The number of nitriles is 1. The van der Waals surface area contributed by atoms with Crippen molar-refractivity contribution in [3.63, 3.8) is 0 Å². The Morgan fingerprint density at radius 2 is 1.91 bits per heavy atom. The van der Waals surface area contributed by atoms with Crippen LogP contribution in [0.2, 0.25) is 0 Å². The monoisotopic (exact) mass is 478 g/mol. The van der Waals surface area contributed by atoms with Crippen molar-refractivity contribution in [1.29, 1.82) is 5.26 Å². The molecule has 0 amide bonds. The lowest BCUT2D eigenvalue weighted by Gasteiger charge is -2.07. The average molecular weight is 479 g/mol. The first-order valence-corrected chi connectivity index (χ1v) is 11.6. The van der Waals surface area contributed by atoms with E-state index in [1.807, 2.05) is 35.7 Å². The molecule has 0 spiro atoms. The van der Waals surface area contributed by atoms with Crippen molar-refractivity contribution in [3.8, 4) is 40.3 Å². The molecule has 0 aliphatic carbocycles. The van der Waals surface area contributed by atoms with Gasteiger partial charge in [-0.15, -0.1) is 21.5 Å². The fourth-order valence-electron chi connectivity index (χ4n) is 3.00. The quantitative estimate of drug-likeness (QED) is 0.312. The molecule has 0 aliphatic heterocycles. The van der Waals surface area contributed by atoms with E-state index in [4.69, 9.17) is 13.9 Å². The Kier molecular flexibility index (Phi) is 7.02. The topological polar surface area (TPSA) is 111 Å². The van der Waals surface area contributed by atoms with E-state index in [0.29, 0.717) is 22.1 Å². The lowest BCUT2D eigenvalue weighted by molar-refractivity contribution is -0.116. The number of ether oxygens (including phenoxy) is 2. The largest absolute Gasteiger partial charge is 0.493 e. The Morgan fingerprint density at radius 3 is 2.64 bits per heavy atom. The molecule has 2 heterocycles. The molecular formula is C23H18N4O4S2. The van der Waals surface area contributed by atoms with E-state index in [2.05, 4.69) is 21.3 Å². The Bertz CT molecular complexity index is 1300. The van der Waals surface area contributed by atoms with Crippen molar-refractivity contribution in [3.05, 3.63) is 58.9 Å². The fourth-order valence-corrected chi connectivity index (χ4v) is 4.56. The van der Waals surface area contributed by atoms with E-state index in [-0.39, 0.29) is 22.6 Å². The van der Waals surface area contributed by atoms with E-state index in [1.54, 1.807) is 32.4 Å². The van der Waals surface area contributed by atoms with Gasteiger partial charge in [0.1, 0.15) is 5.01 Å². The van der Waals surface area contributed by atoms with Crippen molar-refractivity contribution >= 4 is 28.9 Å². The number of rotatable bonds is 9. The van der Waals surface area contributed by atoms with Crippen molar-refractivity contribution in [1.82, 2.24) is 15.2 Å². The van der Waals surface area contributed by atoms with Gasteiger partial charge in [-0.25, -0.2) is 4.98 Å². The fraction of sp³-hybridized carbons (Fsp3) is 0.174. The number of thiazole rings is 1.